The van der Waals surface area contributed by atoms with Gasteiger partial charge in [0.05, 0.1) is 0 Å². The molecule has 4 heteroatoms. The van der Waals surface area contributed by atoms with Gasteiger partial charge < -0.3 is 10.6 Å². The molecule has 2 nitrogen and oxygen atoms in total. The fraction of sp³-hybridized carbons (Fsp3) is 1.00. The molecule has 2 N–H and O–H groups in total. The third-order valence-electron chi connectivity index (χ3n) is 3.63. The van der Waals surface area contributed by atoms with Gasteiger partial charge >= 0.3 is 0 Å². The highest BCUT2D eigenvalue weighted by Crippen LogP contribution is 2.41. The summed E-state index contributed by atoms with van der Waals surface area (Å²) in [5.41, 5.74) is 0.835. The highest BCUT2D eigenvalue weighted by atomic mass is 35.5. The molecule has 2 fully saturated rings. The summed E-state index contributed by atoms with van der Waals surface area (Å²) >= 11 is 0. The van der Waals surface area contributed by atoms with Crippen LogP contribution in [0.1, 0.15) is 39.5 Å². The molecule has 1 unspecified atom stereocenters. The highest BCUT2D eigenvalue weighted by Gasteiger charge is 2.47. The normalized spacial score (nSPS) is 45.2. The molecule has 2 saturated heterocycles. The van der Waals surface area contributed by atoms with E-state index < -0.39 is 0 Å². The van der Waals surface area contributed by atoms with Crippen LogP contribution in [0.3, 0.4) is 0 Å². The molecule has 14 heavy (non-hydrogen) atoms. The van der Waals surface area contributed by atoms with Crippen molar-refractivity contribution in [3.05, 3.63) is 0 Å². The van der Waals surface area contributed by atoms with Gasteiger partial charge in [-0.1, -0.05) is 0 Å². The van der Waals surface area contributed by atoms with E-state index in [0.717, 1.165) is 6.04 Å². The maximum absolute atomic E-state index is 3.77. The predicted octanol–water partition coefficient (Wildman–Crippen LogP) is 2.11. The van der Waals surface area contributed by atoms with Gasteiger partial charge in [0.15, 0.2) is 0 Å². The lowest BCUT2D eigenvalue weighted by molar-refractivity contribution is 0.195. The highest BCUT2D eigenvalue weighted by molar-refractivity contribution is 5.85. The van der Waals surface area contributed by atoms with E-state index in [0.29, 0.717) is 11.1 Å². The first-order chi connectivity index (χ1) is 5.55. The van der Waals surface area contributed by atoms with Crippen LogP contribution in [0.4, 0.5) is 0 Å². The van der Waals surface area contributed by atoms with Crippen LogP contribution in [0, 0.1) is 0 Å². The first kappa shape index (κ1) is 14.5. The van der Waals surface area contributed by atoms with Gasteiger partial charge in [0.2, 0.25) is 0 Å². The molecule has 2 aliphatic rings. The summed E-state index contributed by atoms with van der Waals surface area (Å²) < 4.78 is 0. The van der Waals surface area contributed by atoms with E-state index in [4.69, 9.17) is 0 Å². The predicted molar refractivity (Wildman–Crippen MR) is 65.8 cm³/mol. The molecule has 0 aromatic rings. The Bertz CT molecular complexity index is 183. The summed E-state index contributed by atoms with van der Waals surface area (Å²) in [6.45, 7) is 4.73. The lowest BCUT2D eigenvalue weighted by Crippen LogP contribution is -2.57. The third kappa shape index (κ3) is 2.54. The largest absolute Gasteiger partial charge is 0.317 e. The Morgan fingerprint density at radius 2 is 1.50 bits per heavy atom. The van der Waals surface area contributed by atoms with Crippen molar-refractivity contribution >= 4 is 24.8 Å². The minimum Gasteiger partial charge on any atom is -0.317 e. The van der Waals surface area contributed by atoms with Gasteiger partial charge in [0.25, 0.3) is 0 Å². The molecule has 0 spiro atoms. The van der Waals surface area contributed by atoms with Crippen LogP contribution in [-0.4, -0.2) is 24.2 Å². The van der Waals surface area contributed by atoms with Crippen LogP contribution in [0.25, 0.3) is 0 Å². The molecular weight excluding hydrogens is 219 g/mol. The van der Waals surface area contributed by atoms with Crippen molar-refractivity contribution in [2.45, 2.75) is 56.7 Å². The van der Waals surface area contributed by atoms with Gasteiger partial charge in [-0.2, -0.15) is 0 Å². The molecule has 2 aliphatic heterocycles. The van der Waals surface area contributed by atoms with Crippen molar-refractivity contribution in [3.63, 3.8) is 0 Å². The van der Waals surface area contributed by atoms with E-state index in [1.165, 1.54) is 25.7 Å². The van der Waals surface area contributed by atoms with Crippen molar-refractivity contribution in [3.8, 4) is 0 Å². The van der Waals surface area contributed by atoms with Crippen LogP contribution in [-0.2, 0) is 0 Å². The smallest absolute Gasteiger partial charge is 0.0173 e. The summed E-state index contributed by atoms with van der Waals surface area (Å²) in [6.07, 6.45) is 5.28. The monoisotopic (exact) mass is 240 g/mol. The molecule has 0 aromatic heterocycles. The first-order valence-electron chi connectivity index (χ1n) is 5.02. The average molecular weight is 241 g/mol. The fourth-order valence-corrected chi connectivity index (χ4v) is 3.08. The van der Waals surface area contributed by atoms with Crippen molar-refractivity contribution in [2.24, 2.45) is 0 Å². The van der Waals surface area contributed by atoms with Crippen molar-refractivity contribution in [2.75, 3.05) is 7.05 Å². The summed E-state index contributed by atoms with van der Waals surface area (Å²) in [7, 11) is 2.09. The topological polar surface area (TPSA) is 24.1 Å². The molecule has 0 aromatic carbocycles. The number of piperidine rings is 1. The SMILES string of the molecule is CNC1C[C@]2(C)CC[C@](C)(C1)N2.Cl.Cl. The molecule has 3 atom stereocenters. The van der Waals surface area contributed by atoms with Crippen LogP contribution >= 0.6 is 24.8 Å². The second-order valence-electron chi connectivity index (χ2n) is 5.14. The zero-order valence-electron chi connectivity index (χ0n) is 9.22. The van der Waals surface area contributed by atoms with Crippen LogP contribution < -0.4 is 10.6 Å². The maximum atomic E-state index is 3.77. The van der Waals surface area contributed by atoms with E-state index in [2.05, 4.69) is 31.5 Å². The second kappa shape index (κ2) is 4.56. The summed E-state index contributed by atoms with van der Waals surface area (Å²) in [6, 6.07) is 0.726. The maximum Gasteiger partial charge on any atom is 0.0173 e. The molecule has 0 aliphatic carbocycles. The fourth-order valence-electron chi connectivity index (χ4n) is 3.08. The zero-order chi connectivity index (χ0) is 8.82. The van der Waals surface area contributed by atoms with E-state index in [1.807, 2.05) is 0 Å². The minimum atomic E-state index is 0. The number of rotatable bonds is 1. The summed E-state index contributed by atoms with van der Waals surface area (Å²) in [5, 5.41) is 7.18. The number of hydrogen-bond donors (Lipinski definition) is 2. The molecule has 2 rings (SSSR count). The summed E-state index contributed by atoms with van der Waals surface area (Å²) in [5.74, 6) is 0. The van der Waals surface area contributed by atoms with Gasteiger partial charge in [-0.15, -0.1) is 24.8 Å². The molecule has 0 radical (unpaired) electrons. The number of fused-ring (bicyclic) bond motifs is 2. The molecule has 86 valence electrons. The Balaban J connectivity index is 0.000000845. The first-order valence-corrected chi connectivity index (χ1v) is 5.02. The van der Waals surface area contributed by atoms with Gasteiger partial charge in [0.1, 0.15) is 0 Å². The van der Waals surface area contributed by atoms with Crippen molar-refractivity contribution in [1.29, 1.82) is 0 Å². The third-order valence-corrected chi connectivity index (χ3v) is 3.63. The standard InChI is InChI=1S/C10H20N2.2ClH/c1-9-4-5-10(2,12-9)7-8(6-9)11-3;;/h8,11-12H,4-7H2,1-3H3;2*1H/t8?,9-,10+;;. The van der Waals surface area contributed by atoms with Crippen molar-refractivity contribution < 1.29 is 0 Å². The van der Waals surface area contributed by atoms with Crippen molar-refractivity contribution in [1.82, 2.24) is 10.6 Å². The van der Waals surface area contributed by atoms with Gasteiger partial charge in [0, 0.05) is 17.1 Å². The number of nitrogens with one attached hydrogen (secondary N) is 2. The Labute approximate surface area is 99.4 Å². The van der Waals surface area contributed by atoms with Gasteiger partial charge in [-0.05, 0) is 46.6 Å². The number of halogens is 2. The summed E-state index contributed by atoms with van der Waals surface area (Å²) in [4.78, 5) is 0. The van der Waals surface area contributed by atoms with Crippen LogP contribution in [0.15, 0.2) is 0 Å². The van der Waals surface area contributed by atoms with Crippen LogP contribution in [0.2, 0.25) is 0 Å². The van der Waals surface area contributed by atoms with Gasteiger partial charge in [-0.25, -0.2) is 0 Å². The quantitative estimate of drug-likeness (QED) is 0.734. The Hall–Kier alpha value is 0.500. The molecule has 0 amide bonds. The van der Waals surface area contributed by atoms with Gasteiger partial charge in [-0.3, -0.25) is 0 Å². The Kier molecular flexibility index (Phi) is 4.73. The minimum absolute atomic E-state index is 0. The van der Waals surface area contributed by atoms with Crippen LogP contribution in [0.5, 0.6) is 0 Å². The van der Waals surface area contributed by atoms with E-state index >= 15 is 0 Å². The Morgan fingerprint density at radius 1 is 1.07 bits per heavy atom. The average Bonchev–Trinajstić information content (AvgIpc) is 2.20. The zero-order valence-corrected chi connectivity index (χ0v) is 10.9. The van der Waals surface area contributed by atoms with E-state index in [1.54, 1.807) is 0 Å². The number of hydrogen-bond acceptors (Lipinski definition) is 2. The van der Waals surface area contributed by atoms with E-state index in [-0.39, 0.29) is 24.8 Å². The Morgan fingerprint density at radius 3 is 1.86 bits per heavy atom. The lowest BCUT2D eigenvalue weighted by atomic mass is 9.85. The second-order valence-corrected chi connectivity index (χ2v) is 5.14. The molecule has 2 bridgehead atoms. The molecule has 2 heterocycles. The molecule has 0 saturated carbocycles. The van der Waals surface area contributed by atoms with E-state index in [9.17, 15) is 0 Å². The lowest BCUT2D eigenvalue weighted by Gasteiger charge is -2.41. The molecular formula is C10H22Cl2N2.